The maximum Gasteiger partial charge on any atom is 0.335 e. The van der Waals surface area contributed by atoms with Gasteiger partial charge in [-0.05, 0) is 49.7 Å². The molecule has 0 bridgehead atoms. The lowest BCUT2D eigenvalue weighted by molar-refractivity contribution is 0.0696. The van der Waals surface area contributed by atoms with Gasteiger partial charge in [-0.1, -0.05) is 29.8 Å². The molecule has 7 nitrogen and oxygen atoms in total. The van der Waals surface area contributed by atoms with Gasteiger partial charge in [0.05, 0.1) is 23.8 Å². The highest BCUT2D eigenvalue weighted by atomic mass is 35.5. The molecule has 0 radical (unpaired) electrons. The van der Waals surface area contributed by atoms with Crippen molar-refractivity contribution in [3.8, 4) is 0 Å². The van der Waals surface area contributed by atoms with E-state index in [-0.39, 0.29) is 17.5 Å². The van der Waals surface area contributed by atoms with Gasteiger partial charge in [-0.15, -0.1) is 0 Å². The lowest BCUT2D eigenvalue weighted by Crippen LogP contribution is -2.28. The van der Waals surface area contributed by atoms with Crippen LogP contribution < -0.4 is 10.2 Å². The van der Waals surface area contributed by atoms with Crippen molar-refractivity contribution in [1.29, 1.82) is 0 Å². The zero-order chi connectivity index (χ0) is 21.4. The third-order valence-corrected chi connectivity index (χ3v) is 5.48. The van der Waals surface area contributed by atoms with E-state index in [0.717, 1.165) is 17.1 Å². The number of carboxylic acids is 1. The molecule has 1 aromatic heterocycles. The van der Waals surface area contributed by atoms with Crippen LogP contribution >= 0.6 is 11.6 Å². The van der Waals surface area contributed by atoms with Crippen molar-refractivity contribution in [1.82, 2.24) is 15.1 Å². The summed E-state index contributed by atoms with van der Waals surface area (Å²) in [6.45, 7) is 5.07. The van der Waals surface area contributed by atoms with E-state index in [1.807, 2.05) is 47.7 Å². The number of hydrogen-bond donors (Lipinski definition) is 2. The molecule has 0 fully saturated rings. The van der Waals surface area contributed by atoms with Crippen LogP contribution in [0, 0.1) is 6.92 Å². The monoisotopic (exact) mass is 424 g/mol. The molecule has 0 aliphatic carbocycles. The summed E-state index contributed by atoms with van der Waals surface area (Å²) in [5.41, 5.74) is 3.12. The maximum absolute atomic E-state index is 13.2. The SMILES string of the molecule is Cc1nn2c(c1C(=O)N[C@@H](C)c1ccc(C(=O)O)cc1)N(c1cccc(Cl)c1)CC2. The van der Waals surface area contributed by atoms with Crippen molar-refractivity contribution in [2.45, 2.75) is 26.4 Å². The number of aromatic nitrogens is 2. The number of carboxylic acid groups (broad SMARTS) is 1. The van der Waals surface area contributed by atoms with E-state index in [1.165, 1.54) is 12.1 Å². The number of carbonyl (C=O) groups excluding carboxylic acids is 1. The second kappa shape index (κ2) is 7.84. The van der Waals surface area contributed by atoms with Crippen LogP contribution in [0.15, 0.2) is 48.5 Å². The average Bonchev–Trinajstić information content (AvgIpc) is 3.25. The van der Waals surface area contributed by atoms with Crippen molar-refractivity contribution >= 4 is 35.0 Å². The van der Waals surface area contributed by atoms with Gasteiger partial charge < -0.3 is 15.3 Å². The van der Waals surface area contributed by atoms with Crippen LogP contribution in [0.1, 0.15) is 44.9 Å². The number of benzene rings is 2. The number of hydrogen-bond acceptors (Lipinski definition) is 4. The Labute approximate surface area is 178 Å². The Morgan fingerprint density at radius 2 is 1.90 bits per heavy atom. The topological polar surface area (TPSA) is 87.5 Å². The highest BCUT2D eigenvalue weighted by Crippen LogP contribution is 2.35. The van der Waals surface area contributed by atoms with E-state index < -0.39 is 5.97 Å². The molecule has 0 saturated carbocycles. The number of aromatic carboxylic acids is 1. The molecule has 30 heavy (non-hydrogen) atoms. The van der Waals surface area contributed by atoms with Crippen molar-refractivity contribution < 1.29 is 14.7 Å². The maximum atomic E-state index is 13.2. The van der Waals surface area contributed by atoms with E-state index in [9.17, 15) is 9.59 Å². The number of rotatable bonds is 5. The highest BCUT2D eigenvalue weighted by molar-refractivity contribution is 6.30. The van der Waals surface area contributed by atoms with Crippen LogP contribution in [0.2, 0.25) is 5.02 Å². The van der Waals surface area contributed by atoms with Crippen molar-refractivity contribution in [2.24, 2.45) is 0 Å². The Bertz CT molecular complexity index is 1120. The minimum absolute atomic E-state index is 0.208. The Kier molecular flexibility index (Phi) is 5.22. The molecule has 1 atom stereocenters. The highest BCUT2D eigenvalue weighted by Gasteiger charge is 2.31. The van der Waals surface area contributed by atoms with Crippen LogP contribution in [-0.2, 0) is 6.54 Å². The third-order valence-electron chi connectivity index (χ3n) is 5.24. The predicted octanol–water partition coefficient (Wildman–Crippen LogP) is 4.19. The first-order valence-electron chi connectivity index (χ1n) is 9.60. The molecule has 8 heteroatoms. The van der Waals surface area contributed by atoms with Crippen LogP contribution in [0.5, 0.6) is 0 Å². The minimum Gasteiger partial charge on any atom is -0.478 e. The number of carbonyl (C=O) groups is 2. The van der Waals surface area contributed by atoms with E-state index in [4.69, 9.17) is 16.7 Å². The second-order valence-electron chi connectivity index (χ2n) is 7.26. The number of nitrogens with one attached hydrogen (secondary N) is 1. The fraction of sp³-hybridized carbons (Fsp3) is 0.227. The number of fused-ring (bicyclic) bond motifs is 1. The molecule has 2 N–H and O–H groups in total. The van der Waals surface area contributed by atoms with Crippen molar-refractivity contribution in [2.75, 3.05) is 11.4 Å². The molecular weight excluding hydrogens is 404 g/mol. The molecule has 1 amide bonds. The fourth-order valence-electron chi connectivity index (χ4n) is 3.73. The first-order chi connectivity index (χ1) is 14.3. The first kappa shape index (κ1) is 20.0. The zero-order valence-corrected chi connectivity index (χ0v) is 17.3. The van der Waals surface area contributed by atoms with E-state index in [0.29, 0.717) is 29.4 Å². The van der Waals surface area contributed by atoms with Crippen LogP contribution in [0.3, 0.4) is 0 Å². The summed E-state index contributed by atoms with van der Waals surface area (Å²) in [6.07, 6.45) is 0. The summed E-state index contributed by atoms with van der Waals surface area (Å²) in [7, 11) is 0. The summed E-state index contributed by atoms with van der Waals surface area (Å²) in [5, 5.41) is 17.2. The third kappa shape index (κ3) is 3.64. The molecule has 0 spiro atoms. The van der Waals surface area contributed by atoms with Gasteiger partial charge in [-0.25, -0.2) is 9.48 Å². The summed E-state index contributed by atoms with van der Waals surface area (Å²) >= 11 is 6.16. The first-order valence-corrected chi connectivity index (χ1v) is 9.97. The lowest BCUT2D eigenvalue weighted by Gasteiger charge is -2.20. The van der Waals surface area contributed by atoms with Crippen LogP contribution in [0.4, 0.5) is 11.5 Å². The van der Waals surface area contributed by atoms with Gasteiger partial charge in [0.25, 0.3) is 5.91 Å². The molecular formula is C22H21ClN4O3. The Hall–Kier alpha value is -3.32. The standard InChI is InChI=1S/C22H21ClN4O3/c1-13(15-6-8-16(9-7-15)22(29)30)24-20(28)19-14(2)25-27-11-10-26(21(19)27)18-5-3-4-17(23)12-18/h3-9,12-13H,10-11H2,1-2H3,(H,24,28)(H,29,30)/t13-/m0/s1. The number of anilines is 2. The quantitative estimate of drug-likeness (QED) is 0.641. The Balaban J connectivity index is 1.60. The van der Waals surface area contributed by atoms with Crippen LogP contribution in [0.25, 0.3) is 0 Å². The Morgan fingerprint density at radius 1 is 1.17 bits per heavy atom. The molecule has 154 valence electrons. The molecule has 1 aliphatic rings. The number of nitrogens with zero attached hydrogens (tertiary/aromatic N) is 3. The number of halogens is 1. The van der Waals surface area contributed by atoms with E-state index >= 15 is 0 Å². The van der Waals surface area contributed by atoms with Gasteiger partial charge in [-0.3, -0.25) is 4.79 Å². The number of aryl methyl sites for hydroxylation is 1. The average molecular weight is 425 g/mol. The van der Waals surface area contributed by atoms with E-state index in [1.54, 1.807) is 12.1 Å². The molecule has 1 aliphatic heterocycles. The molecule has 4 rings (SSSR count). The van der Waals surface area contributed by atoms with Gasteiger partial charge >= 0.3 is 5.97 Å². The second-order valence-corrected chi connectivity index (χ2v) is 7.70. The zero-order valence-electron chi connectivity index (χ0n) is 16.6. The van der Waals surface area contributed by atoms with E-state index in [2.05, 4.69) is 10.4 Å². The summed E-state index contributed by atoms with van der Waals surface area (Å²) < 4.78 is 1.84. The van der Waals surface area contributed by atoms with Gasteiger partial charge in [0.1, 0.15) is 11.4 Å². The van der Waals surface area contributed by atoms with Gasteiger partial charge in [-0.2, -0.15) is 5.10 Å². The van der Waals surface area contributed by atoms with Crippen molar-refractivity contribution in [3.05, 3.63) is 75.9 Å². The normalized spacial score (nSPS) is 13.8. The van der Waals surface area contributed by atoms with Crippen LogP contribution in [-0.4, -0.2) is 33.3 Å². The van der Waals surface area contributed by atoms with Gasteiger partial charge in [0.15, 0.2) is 0 Å². The van der Waals surface area contributed by atoms with Gasteiger partial charge in [0.2, 0.25) is 0 Å². The largest absolute Gasteiger partial charge is 0.478 e. The molecule has 2 heterocycles. The van der Waals surface area contributed by atoms with Gasteiger partial charge in [0, 0.05) is 17.3 Å². The smallest absolute Gasteiger partial charge is 0.335 e. The summed E-state index contributed by atoms with van der Waals surface area (Å²) in [5.74, 6) is -0.455. The molecule has 2 aromatic carbocycles. The lowest BCUT2D eigenvalue weighted by atomic mass is 10.1. The summed E-state index contributed by atoms with van der Waals surface area (Å²) in [4.78, 5) is 26.3. The Morgan fingerprint density at radius 3 is 2.57 bits per heavy atom. The molecule has 0 saturated heterocycles. The number of amides is 1. The molecule has 3 aromatic rings. The predicted molar refractivity (Wildman–Crippen MR) is 115 cm³/mol. The minimum atomic E-state index is -0.981. The van der Waals surface area contributed by atoms with Crippen molar-refractivity contribution in [3.63, 3.8) is 0 Å². The molecule has 0 unspecified atom stereocenters. The summed E-state index contributed by atoms with van der Waals surface area (Å²) in [6, 6.07) is 13.7. The fourth-order valence-corrected chi connectivity index (χ4v) is 3.91.